The second-order valence-corrected chi connectivity index (χ2v) is 4.96. The van der Waals surface area contributed by atoms with Crippen LogP contribution in [0, 0.1) is 0 Å². The first-order valence-electron chi connectivity index (χ1n) is 7.25. The maximum Gasteiger partial charge on any atom is 0.337 e. The van der Waals surface area contributed by atoms with Crippen LogP contribution >= 0.6 is 0 Å². The lowest BCUT2D eigenvalue weighted by molar-refractivity contribution is 0.0600. The summed E-state index contributed by atoms with van der Waals surface area (Å²) in [5, 5.41) is 0. The van der Waals surface area contributed by atoms with Gasteiger partial charge < -0.3 is 14.2 Å². The molecule has 2 aromatic carbocycles. The van der Waals surface area contributed by atoms with Gasteiger partial charge in [0.05, 0.1) is 19.8 Å². The minimum Gasteiger partial charge on any atom is -0.493 e. The van der Waals surface area contributed by atoms with Crippen LogP contribution in [-0.2, 0) is 17.8 Å². The third kappa shape index (κ3) is 4.36. The summed E-state index contributed by atoms with van der Waals surface area (Å²) in [5.74, 6) is 1.02. The van der Waals surface area contributed by atoms with Crippen molar-refractivity contribution in [2.75, 3.05) is 14.2 Å². The van der Waals surface area contributed by atoms with Crippen molar-refractivity contribution in [2.45, 2.75) is 13.0 Å². The van der Waals surface area contributed by atoms with E-state index < -0.39 is 0 Å². The van der Waals surface area contributed by atoms with Gasteiger partial charge >= 0.3 is 5.97 Å². The SMILES string of the molecule is C=CCc1ccc(OC)c(OCc2ccc(C(=O)OC)cc2)c1. The van der Waals surface area contributed by atoms with E-state index in [1.54, 1.807) is 19.2 Å². The molecule has 0 aliphatic heterocycles. The van der Waals surface area contributed by atoms with Crippen molar-refractivity contribution in [3.05, 3.63) is 71.8 Å². The van der Waals surface area contributed by atoms with E-state index in [-0.39, 0.29) is 5.97 Å². The van der Waals surface area contributed by atoms with E-state index in [1.165, 1.54) is 7.11 Å². The van der Waals surface area contributed by atoms with E-state index in [0.717, 1.165) is 17.5 Å². The van der Waals surface area contributed by atoms with Crippen LogP contribution in [0.4, 0.5) is 0 Å². The molecule has 2 rings (SSSR count). The standard InChI is InChI=1S/C19H20O4/c1-4-5-14-8-11-17(21-2)18(12-14)23-13-15-6-9-16(10-7-15)19(20)22-3/h4,6-12H,1,5,13H2,2-3H3. The van der Waals surface area contributed by atoms with Gasteiger partial charge in [0.15, 0.2) is 11.5 Å². The zero-order valence-corrected chi connectivity index (χ0v) is 13.4. The van der Waals surface area contributed by atoms with E-state index in [1.807, 2.05) is 36.4 Å². The van der Waals surface area contributed by atoms with Crippen LogP contribution in [0.5, 0.6) is 11.5 Å². The highest BCUT2D eigenvalue weighted by atomic mass is 16.5. The molecule has 0 aliphatic carbocycles. The first kappa shape index (κ1) is 16.6. The zero-order chi connectivity index (χ0) is 16.7. The van der Waals surface area contributed by atoms with Crippen LogP contribution in [0.15, 0.2) is 55.1 Å². The van der Waals surface area contributed by atoms with Gasteiger partial charge in [-0.05, 0) is 41.8 Å². The molecule has 2 aromatic rings. The fourth-order valence-electron chi connectivity index (χ4n) is 2.14. The Morgan fingerprint density at radius 3 is 2.35 bits per heavy atom. The summed E-state index contributed by atoms with van der Waals surface area (Å²) in [6, 6.07) is 12.9. The molecule has 0 saturated heterocycles. The Morgan fingerprint density at radius 2 is 1.74 bits per heavy atom. The minimum absolute atomic E-state index is 0.351. The first-order chi connectivity index (χ1) is 11.2. The maximum atomic E-state index is 11.4. The van der Waals surface area contributed by atoms with Crippen LogP contribution in [0.25, 0.3) is 0 Å². The van der Waals surface area contributed by atoms with Crippen LogP contribution in [-0.4, -0.2) is 20.2 Å². The van der Waals surface area contributed by atoms with E-state index in [9.17, 15) is 4.79 Å². The van der Waals surface area contributed by atoms with Gasteiger partial charge in [-0.1, -0.05) is 24.3 Å². The zero-order valence-electron chi connectivity index (χ0n) is 13.4. The van der Waals surface area contributed by atoms with Gasteiger partial charge in [-0.25, -0.2) is 4.79 Å². The molecule has 0 aromatic heterocycles. The third-order valence-electron chi connectivity index (χ3n) is 3.38. The number of carbonyl (C=O) groups excluding carboxylic acids is 1. The predicted octanol–water partition coefficient (Wildman–Crippen LogP) is 3.79. The van der Waals surface area contributed by atoms with E-state index >= 15 is 0 Å². The monoisotopic (exact) mass is 312 g/mol. The molecule has 0 aliphatic rings. The number of carbonyl (C=O) groups is 1. The predicted molar refractivity (Wildman–Crippen MR) is 89.0 cm³/mol. The lowest BCUT2D eigenvalue weighted by atomic mass is 10.1. The Hall–Kier alpha value is -2.75. The fourth-order valence-corrected chi connectivity index (χ4v) is 2.14. The molecular weight excluding hydrogens is 292 g/mol. The normalized spacial score (nSPS) is 10.0. The van der Waals surface area contributed by atoms with Gasteiger partial charge in [0.1, 0.15) is 6.61 Å². The lowest BCUT2D eigenvalue weighted by Gasteiger charge is -2.12. The Labute approximate surface area is 136 Å². The molecular formula is C19H20O4. The highest BCUT2D eigenvalue weighted by Gasteiger charge is 2.07. The van der Waals surface area contributed by atoms with E-state index in [2.05, 4.69) is 11.3 Å². The quantitative estimate of drug-likeness (QED) is 0.576. The van der Waals surface area contributed by atoms with Crippen LogP contribution in [0.3, 0.4) is 0 Å². The van der Waals surface area contributed by atoms with E-state index in [0.29, 0.717) is 23.7 Å². The fraction of sp³-hybridized carbons (Fsp3) is 0.211. The van der Waals surface area contributed by atoms with Gasteiger partial charge in [0.25, 0.3) is 0 Å². The molecule has 4 heteroatoms. The largest absolute Gasteiger partial charge is 0.493 e. The molecule has 0 N–H and O–H groups in total. The summed E-state index contributed by atoms with van der Waals surface area (Å²) in [5.41, 5.74) is 2.58. The number of hydrogen-bond donors (Lipinski definition) is 0. The number of ether oxygens (including phenoxy) is 3. The molecule has 4 nitrogen and oxygen atoms in total. The molecule has 0 amide bonds. The Bertz CT molecular complexity index is 674. The first-order valence-corrected chi connectivity index (χ1v) is 7.25. The summed E-state index contributed by atoms with van der Waals surface area (Å²) >= 11 is 0. The van der Waals surface area contributed by atoms with Crippen molar-refractivity contribution >= 4 is 5.97 Å². The number of esters is 1. The number of methoxy groups -OCH3 is 2. The summed E-state index contributed by atoms with van der Waals surface area (Å²) in [7, 11) is 2.97. The van der Waals surface area contributed by atoms with Gasteiger partial charge in [0, 0.05) is 0 Å². The number of rotatable bonds is 7. The molecule has 0 heterocycles. The summed E-state index contributed by atoms with van der Waals surface area (Å²) < 4.78 is 15.8. The van der Waals surface area contributed by atoms with Crippen molar-refractivity contribution in [1.82, 2.24) is 0 Å². The smallest absolute Gasteiger partial charge is 0.337 e. The molecule has 0 unspecified atom stereocenters. The third-order valence-corrected chi connectivity index (χ3v) is 3.38. The van der Waals surface area contributed by atoms with Gasteiger partial charge in [-0.15, -0.1) is 6.58 Å². The van der Waals surface area contributed by atoms with Gasteiger partial charge in [0.2, 0.25) is 0 Å². The highest BCUT2D eigenvalue weighted by Crippen LogP contribution is 2.29. The maximum absolute atomic E-state index is 11.4. The van der Waals surface area contributed by atoms with Crippen molar-refractivity contribution in [3.63, 3.8) is 0 Å². The van der Waals surface area contributed by atoms with Crippen molar-refractivity contribution < 1.29 is 19.0 Å². The second kappa shape index (κ2) is 8.03. The van der Waals surface area contributed by atoms with Crippen LogP contribution in [0.1, 0.15) is 21.5 Å². The summed E-state index contributed by atoms with van der Waals surface area (Å²) in [4.78, 5) is 11.4. The van der Waals surface area contributed by atoms with Crippen molar-refractivity contribution in [2.24, 2.45) is 0 Å². The molecule has 0 radical (unpaired) electrons. The molecule has 0 fully saturated rings. The lowest BCUT2D eigenvalue weighted by Crippen LogP contribution is -2.02. The molecule has 0 bridgehead atoms. The average molecular weight is 312 g/mol. The topological polar surface area (TPSA) is 44.8 Å². The Morgan fingerprint density at radius 1 is 1.04 bits per heavy atom. The molecule has 0 spiro atoms. The highest BCUT2D eigenvalue weighted by molar-refractivity contribution is 5.89. The second-order valence-electron chi connectivity index (χ2n) is 4.96. The van der Waals surface area contributed by atoms with E-state index in [4.69, 9.17) is 9.47 Å². The summed E-state index contributed by atoms with van der Waals surface area (Å²) in [6.07, 6.45) is 2.62. The number of hydrogen-bond acceptors (Lipinski definition) is 4. The van der Waals surface area contributed by atoms with Crippen molar-refractivity contribution in [3.8, 4) is 11.5 Å². The Balaban J connectivity index is 2.09. The van der Waals surface area contributed by atoms with Crippen LogP contribution < -0.4 is 9.47 Å². The van der Waals surface area contributed by atoms with Crippen molar-refractivity contribution in [1.29, 1.82) is 0 Å². The molecule has 0 saturated carbocycles. The van der Waals surface area contributed by atoms with Gasteiger partial charge in [-0.2, -0.15) is 0 Å². The number of benzene rings is 2. The Kier molecular flexibility index (Phi) is 5.80. The molecule has 120 valence electrons. The minimum atomic E-state index is -0.351. The number of allylic oxidation sites excluding steroid dienone is 1. The summed E-state index contributed by atoms with van der Waals surface area (Å²) in [6.45, 7) is 4.13. The molecule has 23 heavy (non-hydrogen) atoms. The van der Waals surface area contributed by atoms with Gasteiger partial charge in [-0.3, -0.25) is 0 Å². The average Bonchev–Trinajstić information content (AvgIpc) is 2.60. The van der Waals surface area contributed by atoms with Crippen LogP contribution in [0.2, 0.25) is 0 Å². The molecule has 0 atom stereocenters.